The largest absolute Gasteiger partial charge is 0.441 e. The zero-order valence-electron chi connectivity index (χ0n) is 12.8. The Morgan fingerprint density at radius 2 is 2.18 bits per heavy atom. The number of hydrogen-bond acceptors (Lipinski definition) is 4. The second kappa shape index (κ2) is 6.27. The summed E-state index contributed by atoms with van der Waals surface area (Å²) in [4.78, 5) is 16.1. The molecule has 1 amide bonds. The first-order valence-electron chi connectivity index (χ1n) is 6.96. The van der Waals surface area contributed by atoms with Gasteiger partial charge in [0.2, 0.25) is 11.8 Å². The van der Waals surface area contributed by atoms with Gasteiger partial charge in [-0.15, -0.1) is 0 Å². The monoisotopic (exact) mass is 306 g/mol. The van der Waals surface area contributed by atoms with Crippen molar-refractivity contribution in [3.63, 3.8) is 0 Å². The third-order valence-corrected chi connectivity index (χ3v) is 3.01. The van der Waals surface area contributed by atoms with Crippen LogP contribution in [-0.4, -0.2) is 28.1 Å². The molecule has 1 aromatic carbocycles. The van der Waals surface area contributed by atoms with E-state index in [9.17, 15) is 14.3 Å². The molecule has 0 unspecified atom stereocenters. The van der Waals surface area contributed by atoms with Crippen LogP contribution in [0.4, 0.5) is 4.39 Å². The number of aliphatic hydroxyl groups is 1. The van der Waals surface area contributed by atoms with Crippen molar-refractivity contribution in [3.8, 4) is 11.5 Å². The third-order valence-electron chi connectivity index (χ3n) is 3.01. The van der Waals surface area contributed by atoms with Crippen molar-refractivity contribution in [2.75, 3.05) is 6.54 Å². The van der Waals surface area contributed by atoms with Gasteiger partial charge in [-0.2, -0.15) is 0 Å². The highest BCUT2D eigenvalue weighted by molar-refractivity contribution is 5.78. The van der Waals surface area contributed by atoms with Gasteiger partial charge < -0.3 is 14.8 Å². The lowest BCUT2D eigenvalue weighted by Gasteiger charge is -2.17. The molecular formula is C16H19FN2O3. The number of benzene rings is 1. The van der Waals surface area contributed by atoms with Crippen molar-refractivity contribution in [1.82, 2.24) is 10.3 Å². The Labute approximate surface area is 128 Å². The van der Waals surface area contributed by atoms with Crippen LogP contribution in [-0.2, 0) is 11.2 Å². The fourth-order valence-electron chi connectivity index (χ4n) is 1.87. The molecule has 5 nitrogen and oxygen atoms in total. The highest BCUT2D eigenvalue weighted by Crippen LogP contribution is 2.22. The molecule has 22 heavy (non-hydrogen) atoms. The number of carbonyl (C=O) groups excluding carboxylic acids is 1. The fourth-order valence-corrected chi connectivity index (χ4v) is 1.87. The van der Waals surface area contributed by atoms with Gasteiger partial charge in [-0.05, 0) is 39.0 Å². The van der Waals surface area contributed by atoms with Gasteiger partial charge in [0.05, 0.1) is 17.7 Å². The molecule has 0 spiro atoms. The van der Waals surface area contributed by atoms with E-state index in [2.05, 4.69) is 10.3 Å². The quantitative estimate of drug-likeness (QED) is 0.888. The Hall–Kier alpha value is -2.21. The highest BCUT2D eigenvalue weighted by atomic mass is 19.1. The van der Waals surface area contributed by atoms with Crippen molar-refractivity contribution in [3.05, 3.63) is 41.5 Å². The van der Waals surface area contributed by atoms with Crippen LogP contribution < -0.4 is 5.32 Å². The van der Waals surface area contributed by atoms with Crippen molar-refractivity contribution >= 4 is 5.91 Å². The molecule has 1 aromatic heterocycles. The number of oxazole rings is 1. The summed E-state index contributed by atoms with van der Waals surface area (Å²) in [6.07, 6.45) is 0.0424. The van der Waals surface area contributed by atoms with E-state index in [0.717, 1.165) is 0 Å². The smallest absolute Gasteiger partial charge is 0.226 e. The average molecular weight is 306 g/mol. The molecule has 2 aromatic rings. The normalized spacial score (nSPS) is 11.5. The Bertz CT molecular complexity index is 674. The summed E-state index contributed by atoms with van der Waals surface area (Å²) in [5.74, 6) is 0.155. The van der Waals surface area contributed by atoms with Gasteiger partial charge in [0, 0.05) is 12.1 Å². The zero-order chi connectivity index (χ0) is 16.3. The molecule has 0 radical (unpaired) electrons. The molecular weight excluding hydrogens is 287 g/mol. The predicted molar refractivity (Wildman–Crippen MR) is 79.6 cm³/mol. The Morgan fingerprint density at radius 3 is 2.82 bits per heavy atom. The topological polar surface area (TPSA) is 75.4 Å². The first-order chi connectivity index (χ1) is 10.2. The Balaban J connectivity index is 2.09. The summed E-state index contributed by atoms with van der Waals surface area (Å²) >= 11 is 0. The first-order valence-corrected chi connectivity index (χ1v) is 6.96. The van der Waals surface area contributed by atoms with Crippen LogP contribution in [0.3, 0.4) is 0 Å². The predicted octanol–water partition coefficient (Wildman–Crippen LogP) is 2.22. The summed E-state index contributed by atoms with van der Waals surface area (Å²) in [5, 5.41) is 12.2. The summed E-state index contributed by atoms with van der Waals surface area (Å²) in [7, 11) is 0. The molecule has 6 heteroatoms. The van der Waals surface area contributed by atoms with Gasteiger partial charge >= 0.3 is 0 Å². The third kappa shape index (κ3) is 4.39. The highest BCUT2D eigenvalue weighted by Gasteiger charge is 2.17. The molecule has 0 saturated carbocycles. The van der Waals surface area contributed by atoms with E-state index in [1.54, 1.807) is 32.9 Å². The molecule has 0 fully saturated rings. The number of hydrogen-bond donors (Lipinski definition) is 2. The zero-order valence-corrected chi connectivity index (χ0v) is 12.8. The maximum atomic E-state index is 13.2. The van der Waals surface area contributed by atoms with Crippen LogP contribution in [0.2, 0.25) is 0 Å². The van der Waals surface area contributed by atoms with Gasteiger partial charge in [0.25, 0.3) is 0 Å². The van der Waals surface area contributed by atoms with Crippen molar-refractivity contribution in [2.24, 2.45) is 0 Å². The number of nitrogens with zero attached hydrogens (tertiary/aromatic N) is 1. The van der Waals surface area contributed by atoms with E-state index >= 15 is 0 Å². The summed E-state index contributed by atoms with van der Waals surface area (Å²) < 4.78 is 18.7. The lowest BCUT2D eigenvalue weighted by Crippen LogP contribution is -2.38. The van der Waals surface area contributed by atoms with E-state index in [4.69, 9.17) is 4.42 Å². The van der Waals surface area contributed by atoms with E-state index in [0.29, 0.717) is 17.0 Å². The van der Waals surface area contributed by atoms with E-state index in [-0.39, 0.29) is 30.6 Å². The van der Waals surface area contributed by atoms with Gasteiger partial charge in [0.15, 0.2) is 0 Å². The molecule has 2 N–H and O–H groups in total. The minimum Gasteiger partial charge on any atom is -0.441 e. The van der Waals surface area contributed by atoms with Crippen molar-refractivity contribution in [1.29, 1.82) is 0 Å². The molecule has 1 heterocycles. The molecule has 0 saturated heterocycles. The molecule has 0 atom stereocenters. The number of carbonyl (C=O) groups is 1. The van der Waals surface area contributed by atoms with Crippen molar-refractivity contribution in [2.45, 2.75) is 32.8 Å². The maximum absolute atomic E-state index is 13.2. The van der Waals surface area contributed by atoms with Crippen LogP contribution in [0.25, 0.3) is 11.5 Å². The molecule has 0 bridgehead atoms. The average Bonchev–Trinajstić information content (AvgIpc) is 2.77. The fraction of sp³-hybridized carbons (Fsp3) is 0.375. The number of amides is 1. The standard InChI is InChI=1S/C16H19FN2O3/c1-10-13(8-14(20)18-9-16(2,3)21)19-15(22-10)11-5-4-6-12(17)7-11/h4-7,21H,8-9H2,1-3H3,(H,18,20). The minimum absolute atomic E-state index is 0.0424. The molecule has 118 valence electrons. The van der Waals surface area contributed by atoms with E-state index in [1.165, 1.54) is 12.1 Å². The van der Waals surface area contributed by atoms with Crippen molar-refractivity contribution < 1.29 is 18.7 Å². The van der Waals surface area contributed by atoms with Crippen LogP contribution in [0.5, 0.6) is 0 Å². The van der Waals surface area contributed by atoms with Gasteiger partial charge in [-0.3, -0.25) is 4.79 Å². The molecule has 0 aliphatic heterocycles. The van der Waals surface area contributed by atoms with Gasteiger partial charge in [-0.1, -0.05) is 6.07 Å². The summed E-state index contributed by atoms with van der Waals surface area (Å²) in [5.41, 5.74) is 0.0418. The summed E-state index contributed by atoms with van der Waals surface area (Å²) in [6, 6.07) is 5.92. The second-order valence-electron chi connectivity index (χ2n) is 5.80. The SMILES string of the molecule is Cc1oc(-c2cccc(F)c2)nc1CC(=O)NCC(C)(C)O. The number of aryl methyl sites for hydroxylation is 1. The molecule has 0 aliphatic carbocycles. The number of rotatable bonds is 5. The number of aromatic nitrogens is 1. The second-order valence-corrected chi connectivity index (χ2v) is 5.80. The summed E-state index contributed by atoms with van der Waals surface area (Å²) in [6.45, 7) is 5.07. The van der Waals surface area contributed by atoms with Crippen LogP contribution in [0, 0.1) is 12.7 Å². The van der Waals surface area contributed by atoms with Gasteiger partial charge in [-0.25, -0.2) is 9.37 Å². The van der Waals surface area contributed by atoms with Crippen LogP contribution in [0.15, 0.2) is 28.7 Å². The van der Waals surface area contributed by atoms with Crippen LogP contribution >= 0.6 is 0 Å². The van der Waals surface area contributed by atoms with Crippen LogP contribution in [0.1, 0.15) is 25.3 Å². The van der Waals surface area contributed by atoms with E-state index < -0.39 is 5.60 Å². The minimum atomic E-state index is -0.971. The van der Waals surface area contributed by atoms with E-state index in [1.807, 2.05) is 0 Å². The number of halogens is 1. The number of nitrogens with one attached hydrogen (secondary N) is 1. The Kier molecular flexibility index (Phi) is 4.61. The lowest BCUT2D eigenvalue weighted by molar-refractivity contribution is -0.121. The van der Waals surface area contributed by atoms with Gasteiger partial charge in [0.1, 0.15) is 11.6 Å². The molecule has 0 aliphatic rings. The Morgan fingerprint density at radius 1 is 1.45 bits per heavy atom. The lowest BCUT2D eigenvalue weighted by atomic mass is 10.1. The first kappa shape index (κ1) is 16.2. The molecule has 2 rings (SSSR count). The maximum Gasteiger partial charge on any atom is 0.226 e.